The number of aromatic nitrogens is 2. The number of aliphatic hydroxyl groups is 2. The molecular formula is C57H67FN10O13. The van der Waals surface area contributed by atoms with Gasteiger partial charge < -0.3 is 51.4 Å². The second-order valence-corrected chi connectivity index (χ2v) is 20.5. The van der Waals surface area contributed by atoms with E-state index in [-0.39, 0.29) is 107 Å². The van der Waals surface area contributed by atoms with E-state index in [1.165, 1.54) is 22.8 Å². The average Bonchev–Trinajstić information content (AvgIpc) is 3.31. The second-order valence-electron chi connectivity index (χ2n) is 20.5. The topological polar surface area (TPSA) is 317 Å². The lowest BCUT2D eigenvalue weighted by Gasteiger charge is -2.31. The monoisotopic (exact) mass is 1120 g/mol. The van der Waals surface area contributed by atoms with Crippen LogP contribution in [0.4, 0.5) is 4.39 Å². The summed E-state index contributed by atoms with van der Waals surface area (Å²) in [6.45, 7) is 2.42. The van der Waals surface area contributed by atoms with Crippen LogP contribution in [0.2, 0.25) is 0 Å². The van der Waals surface area contributed by atoms with Gasteiger partial charge in [-0.25, -0.2) is 14.2 Å². The van der Waals surface area contributed by atoms with Crippen molar-refractivity contribution < 1.29 is 62.5 Å². The van der Waals surface area contributed by atoms with E-state index in [9.17, 15) is 58.2 Å². The van der Waals surface area contributed by atoms with Crippen LogP contribution < -0.4 is 37.5 Å². The zero-order chi connectivity index (χ0) is 58.0. The summed E-state index contributed by atoms with van der Waals surface area (Å²) in [4.78, 5) is 136. The number of ether oxygens (including phenoxy) is 1. The standard InChI is InChI=1S/C57H67FN10O13/c1-3-57(80)38-26-43-53-36(31-68(43)55(78)37(38)32-81-56(57)79)52-40(16-14-35-33(2)39(58)27-42(65-53)51(35)52)63-45(71)19-22-66(24-25-69)23-20-59-46(72)29-62-54(77)41(15-13-34-10-6-4-7-11-34)64-48(74)30-61-47(73)28-60-44(70)12-8-5-9-21-67-49(75)17-18-50(67)76/h4,6-7,10-11,17-18,26-27,40-41,69,80H,3,5,8-9,12-16,19-25,28-32H2,1-2H3,(H,59,72)(H,60,70)(H,61,73)(H,62,77)(H,63,71)(H,64,74)/t40?,41-,57-/m0/s1. The third kappa shape index (κ3) is 13.7. The van der Waals surface area contributed by atoms with Crippen LogP contribution in [0, 0.1) is 12.7 Å². The van der Waals surface area contributed by atoms with E-state index >= 15 is 4.39 Å². The Balaban J connectivity index is 0.805. The van der Waals surface area contributed by atoms with Crippen molar-refractivity contribution in [1.82, 2.24) is 51.3 Å². The van der Waals surface area contributed by atoms with Crippen molar-refractivity contribution in [3.63, 3.8) is 0 Å². The van der Waals surface area contributed by atoms with Crippen LogP contribution in [0.15, 0.2) is 59.4 Å². The molecular weight excluding hydrogens is 1050 g/mol. The number of esters is 1. The van der Waals surface area contributed by atoms with Crippen LogP contribution in [0.1, 0.15) is 103 Å². The summed E-state index contributed by atoms with van der Waals surface area (Å²) >= 11 is 0. The molecule has 8 N–H and O–H groups in total. The molecule has 0 spiro atoms. The van der Waals surface area contributed by atoms with Gasteiger partial charge in [0.1, 0.15) is 18.5 Å². The van der Waals surface area contributed by atoms with Gasteiger partial charge in [-0.2, -0.15) is 0 Å². The largest absolute Gasteiger partial charge is 0.458 e. The van der Waals surface area contributed by atoms with Crippen molar-refractivity contribution >= 4 is 64.1 Å². The number of amides is 8. The molecule has 4 aliphatic rings. The smallest absolute Gasteiger partial charge is 0.343 e. The van der Waals surface area contributed by atoms with E-state index in [1.54, 1.807) is 24.8 Å². The fourth-order valence-corrected chi connectivity index (χ4v) is 10.8. The number of carbonyl (C=O) groups is 9. The van der Waals surface area contributed by atoms with Crippen LogP contribution in [0.5, 0.6) is 0 Å². The lowest BCUT2D eigenvalue weighted by atomic mass is 9.81. The second kappa shape index (κ2) is 26.4. The van der Waals surface area contributed by atoms with E-state index in [0.717, 1.165) is 16.0 Å². The fourth-order valence-electron chi connectivity index (χ4n) is 10.8. The van der Waals surface area contributed by atoms with Crippen LogP contribution in [-0.4, -0.2) is 148 Å². The number of carbonyl (C=O) groups excluding carboxylic acids is 9. The molecule has 8 rings (SSSR count). The molecule has 5 heterocycles. The molecule has 24 heteroatoms. The Labute approximate surface area is 465 Å². The minimum Gasteiger partial charge on any atom is -0.458 e. The number of hydrogen-bond donors (Lipinski definition) is 8. The summed E-state index contributed by atoms with van der Waals surface area (Å²) in [6.07, 6.45) is 5.44. The molecule has 0 saturated heterocycles. The highest BCUT2D eigenvalue weighted by atomic mass is 19.1. The number of halogens is 1. The summed E-state index contributed by atoms with van der Waals surface area (Å²) < 4.78 is 22.2. The molecule has 3 atom stereocenters. The van der Waals surface area contributed by atoms with E-state index < -0.39 is 84.2 Å². The first-order valence-electron chi connectivity index (χ1n) is 27.3. The highest BCUT2D eigenvalue weighted by Crippen LogP contribution is 2.46. The first kappa shape index (κ1) is 58.9. The normalized spacial score (nSPS) is 17.0. The molecule has 2 aromatic carbocycles. The van der Waals surface area contributed by atoms with E-state index in [2.05, 4.69) is 31.9 Å². The van der Waals surface area contributed by atoms with Crippen LogP contribution in [0.25, 0.3) is 22.3 Å². The zero-order valence-electron chi connectivity index (χ0n) is 45.3. The van der Waals surface area contributed by atoms with Gasteiger partial charge in [-0.15, -0.1) is 0 Å². The highest BCUT2D eigenvalue weighted by Gasteiger charge is 2.46. The minimum atomic E-state index is -2.05. The Morgan fingerprint density at radius 3 is 2.30 bits per heavy atom. The molecule has 2 aromatic heterocycles. The number of rotatable bonds is 27. The van der Waals surface area contributed by atoms with Crippen molar-refractivity contribution in [2.75, 3.05) is 59.0 Å². The molecule has 0 radical (unpaired) electrons. The lowest BCUT2D eigenvalue weighted by molar-refractivity contribution is -0.172. The van der Waals surface area contributed by atoms with Gasteiger partial charge in [0.05, 0.1) is 61.3 Å². The summed E-state index contributed by atoms with van der Waals surface area (Å²) in [6, 6.07) is 10.5. The maximum absolute atomic E-state index is 15.5. The quantitative estimate of drug-likeness (QED) is 0.0200. The van der Waals surface area contributed by atoms with Crippen LogP contribution in [-0.2, 0) is 79.5 Å². The molecule has 0 saturated carbocycles. The predicted molar refractivity (Wildman–Crippen MR) is 290 cm³/mol. The third-order valence-corrected chi connectivity index (χ3v) is 15.3. The number of hydrogen-bond acceptors (Lipinski definition) is 15. The molecule has 0 fully saturated rings. The maximum atomic E-state index is 15.5. The van der Waals surface area contributed by atoms with E-state index in [1.807, 2.05) is 30.3 Å². The highest BCUT2D eigenvalue weighted by molar-refractivity contribution is 6.12. The van der Waals surface area contributed by atoms with Crippen molar-refractivity contribution in [2.24, 2.45) is 0 Å². The van der Waals surface area contributed by atoms with Gasteiger partial charge in [-0.05, 0) is 80.2 Å². The van der Waals surface area contributed by atoms with Gasteiger partial charge in [-0.1, -0.05) is 43.7 Å². The minimum absolute atomic E-state index is 0.00526. The van der Waals surface area contributed by atoms with Crippen molar-refractivity contribution in [3.05, 3.63) is 110 Å². The van der Waals surface area contributed by atoms with Crippen molar-refractivity contribution in [2.45, 2.75) is 109 Å². The van der Waals surface area contributed by atoms with E-state index in [4.69, 9.17) is 9.72 Å². The Bertz CT molecular complexity index is 3220. The number of nitrogens with one attached hydrogen (secondary N) is 6. The molecule has 4 aromatic rings. The number of imide groups is 1. The first-order chi connectivity index (χ1) is 38.9. The van der Waals surface area contributed by atoms with Gasteiger partial charge in [0.2, 0.25) is 35.4 Å². The number of pyridine rings is 2. The van der Waals surface area contributed by atoms with Gasteiger partial charge >= 0.3 is 5.97 Å². The number of nitrogens with zero attached hydrogens (tertiary/aromatic N) is 4. The number of fused-ring (bicyclic) bond motifs is 5. The first-order valence-corrected chi connectivity index (χ1v) is 27.3. The Morgan fingerprint density at radius 1 is 0.840 bits per heavy atom. The Hall–Kier alpha value is -8.22. The number of aliphatic hydroxyl groups excluding tert-OH is 1. The third-order valence-electron chi connectivity index (χ3n) is 15.3. The summed E-state index contributed by atoms with van der Waals surface area (Å²) in [5, 5.41) is 38.0. The molecule has 8 amide bonds. The fraction of sp³-hybridized carbons (Fsp3) is 0.456. The zero-order valence-corrected chi connectivity index (χ0v) is 45.3. The summed E-state index contributed by atoms with van der Waals surface area (Å²) in [5.41, 5.74) is 2.33. The number of cyclic esters (lactones) is 1. The van der Waals surface area contributed by atoms with Gasteiger partial charge in [0.15, 0.2) is 5.60 Å². The molecule has 430 valence electrons. The Morgan fingerprint density at radius 2 is 1.56 bits per heavy atom. The average molecular weight is 1120 g/mol. The van der Waals surface area contributed by atoms with Gasteiger partial charge in [0.25, 0.3) is 17.4 Å². The van der Waals surface area contributed by atoms with Gasteiger partial charge in [0, 0.05) is 80.3 Å². The van der Waals surface area contributed by atoms with Crippen molar-refractivity contribution in [3.8, 4) is 11.4 Å². The van der Waals surface area contributed by atoms with Gasteiger partial charge in [-0.3, -0.25) is 53.0 Å². The SMILES string of the molecule is CC[C@@]1(O)C(=O)OCc2c1cc1n(c2=O)Cc2c-1nc1cc(F)c(C)c3c1c2C(NC(=O)CCN(CCO)CCNC(=O)CNC(=O)[C@H](CCc1ccccc1)NC(=O)CNC(=O)CNC(=O)CCCCCN1C(=O)C=CC1=O)CC3. The van der Waals surface area contributed by atoms with Crippen LogP contribution in [0.3, 0.4) is 0 Å². The number of aryl methyl sites for hydroxylation is 2. The van der Waals surface area contributed by atoms with E-state index in [0.29, 0.717) is 77.5 Å². The maximum Gasteiger partial charge on any atom is 0.343 e. The predicted octanol–water partition coefficient (Wildman–Crippen LogP) is 0.383. The number of benzene rings is 2. The molecule has 0 bridgehead atoms. The molecule has 81 heavy (non-hydrogen) atoms. The molecule has 1 aliphatic carbocycles. The lowest BCUT2D eigenvalue weighted by Crippen LogP contribution is -2.51. The summed E-state index contributed by atoms with van der Waals surface area (Å²) in [7, 11) is 0. The Kier molecular flexibility index (Phi) is 19.2. The van der Waals surface area contributed by atoms with Crippen LogP contribution >= 0.6 is 0 Å². The molecule has 23 nitrogen and oxygen atoms in total. The molecule has 1 unspecified atom stereocenters. The number of unbranched alkanes of at least 4 members (excludes halogenated alkanes) is 2. The molecule has 3 aliphatic heterocycles. The van der Waals surface area contributed by atoms with Crippen molar-refractivity contribution in [1.29, 1.82) is 0 Å². The summed E-state index contributed by atoms with van der Waals surface area (Å²) in [5.74, 6) is -5.28.